The molecule has 0 radical (unpaired) electrons. The Morgan fingerprint density at radius 3 is 0.953 bits per heavy atom. The number of carbonyl (C=O) groups is 1. The Morgan fingerprint density at radius 1 is 0.558 bits per heavy atom. The molecule has 0 aliphatic heterocycles. The van der Waals surface area contributed by atoms with Crippen LogP contribution in [-0.4, -0.2) is 12.3 Å². The number of benzene rings is 3. The Kier molecular flexibility index (Phi) is 24.0. The van der Waals surface area contributed by atoms with E-state index >= 15 is 0 Å². The lowest BCUT2D eigenvalue weighted by Crippen LogP contribution is -3.00. The summed E-state index contributed by atoms with van der Waals surface area (Å²) in [4.78, 5) is 26.1. The average Bonchev–Trinajstić information content (AvgIpc) is 2.79. The summed E-state index contributed by atoms with van der Waals surface area (Å²) >= 11 is 0. The Balaban J connectivity index is -0.000000155. The quantitative estimate of drug-likeness (QED) is 0.209. The summed E-state index contributed by atoms with van der Waals surface area (Å²) < 4.78 is 119. The van der Waals surface area contributed by atoms with E-state index in [0.29, 0.717) is 11.4 Å². The molecule has 0 aliphatic carbocycles. The maximum atomic E-state index is 12.0. The van der Waals surface area contributed by atoms with Crippen molar-refractivity contribution in [3.05, 3.63) is 89.5 Å². The zero-order valence-corrected chi connectivity index (χ0v) is 20.1. The van der Waals surface area contributed by atoms with Crippen LogP contribution in [0.15, 0.2) is 72.8 Å². The van der Waals surface area contributed by atoms with Gasteiger partial charge in [0.2, 0.25) is 0 Å². The highest BCUT2D eigenvalue weighted by Gasteiger charge is 2.31. The Labute approximate surface area is 237 Å². The average molecular weight is 645 g/mol. The van der Waals surface area contributed by atoms with Gasteiger partial charge in [0.1, 0.15) is 11.4 Å². The largest absolute Gasteiger partial charge is 1.00 e. The minimum Gasteiger partial charge on any atom is -1.00 e. The molecular weight excluding hydrogens is 618 g/mol. The fourth-order valence-electron chi connectivity index (χ4n) is 2.24. The summed E-state index contributed by atoms with van der Waals surface area (Å²) in [6, 6.07) is 12.9. The predicted octanol–water partition coefficient (Wildman–Crippen LogP) is 1.06. The van der Waals surface area contributed by atoms with Gasteiger partial charge in [0.05, 0.1) is 16.7 Å². The summed E-state index contributed by atoms with van der Waals surface area (Å²) in [6.07, 6.45) is -14.5. The number of amides is 1. The number of hydrogen-bond donors (Lipinski definition) is 3. The van der Waals surface area contributed by atoms with Crippen molar-refractivity contribution in [3.63, 3.8) is 0 Å². The van der Waals surface area contributed by atoms with Gasteiger partial charge in [0.25, 0.3) is 0 Å². The molecule has 0 heterocycles. The van der Waals surface area contributed by atoms with E-state index in [-0.39, 0.29) is 36.1 Å². The van der Waals surface area contributed by atoms with E-state index in [1.165, 1.54) is 24.3 Å². The molecule has 0 unspecified atom stereocenters. The first-order chi connectivity index (χ1) is 17.8. The summed E-state index contributed by atoms with van der Waals surface area (Å²) in [5.74, 6) is 0. The topological polar surface area (TPSA) is 119 Å². The van der Waals surface area contributed by atoms with Crippen LogP contribution < -0.4 is 26.2 Å². The molecule has 3 aromatic carbocycles. The molecule has 6 nitrogen and oxygen atoms in total. The Hall–Kier alpha value is -4.41. The second-order valence-electron chi connectivity index (χ2n) is 6.95. The maximum Gasteiger partial charge on any atom is 0.416 e. The highest BCUT2D eigenvalue weighted by atomic mass is 19.4. The van der Waals surface area contributed by atoms with E-state index in [2.05, 4.69) is 11.5 Å². The third-order valence-corrected chi connectivity index (χ3v) is 4.02. The van der Waals surface area contributed by atoms with Crippen molar-refractivity contribution in [2.24, 2.45) is 0 Å². The van der Waals surface area contributed by atoms with Gasteiger partial charge in [0.15, 0.2) is 0 Å². The van der Waals surface area contributed by atoms with Crippen molar-refractivity contribution in [3.8, 4) is 0 Å². The second kappa shape index (κ2) is 21.3. The molecule has 244 valence electrons. The number of halogens is 12. The molecule has 1 amide bonds. The van der Waals surface area contributed by atoms with Gasteiger partial charge < -0.3 is 20.9 Å². The molecule has 0 spiro atoms. The molecule has 0 bridgehead atoms. The number of alkyl halides is 9. The molecule has 0 aliphatic rings. The minimum absolute atomic E-state index is 0. The van der Waals surface area contributed by atoms with Crippen LogP contribution in [0.5, 0.6) is 0 Å². The monoisotopic (exact) mass is 645 g/mol. The minimum atomic E-state index is -4.43. The van der Waals surface area contributed by atoms with E-state index in [1.54, 1.807) is 5.32 Å². The molecule has 3 aromatic rings. The summed E-state index contributed by atoms with van der Waals surface area (Å²) in [5, 5.41) is 1.71. The molecule has 18 heteroatoms. The fourth-order valence-corrected chi connectivity index (χ4v) is 2.24. The van der Waals surface area contributed by atoms with E-state index in [1.807, 2.05) is 0 Å². The van der Waals surface area contributed by atoms with Gasteiger partial charge >= 0.3 is 30.8 Å². The number of anilines is 1. The standard InChI is InChI=1S/C8H5F4NO.2C7H6F3N.CO2.2CH4.2FH/c9-7(14)13-6-3-1-5(2-4-6)8(10,11)12;2*8-7(9,10)5-1-3-6(11)4-2-5;2-1-3;;;;/h1-4H,(H,13,14);2*1-4H,11H2;;2*1H4;2*1H. The van der Waals surface area contributed by atoms with Crippen molar-refractivity contribution in [1.29, 1.82) is 0 Å². The highest BCUT2D eigenvalue weighted by Crippen LogP contribution is 2.31. The van der Waals surface area contributed by atoms with Gasteiger partial charge in [-0.25, -0.2) is 4.79 Å². The lowest BCUT2D eigenvalue weighted by Gasteiger charge is -2.06. The lowest BCUT2D eigenvalue weighted by atomic mass is 10.2. The number of carbonyl (C=O) groups excluding carboxylic acids is 3. The normalized spacial score (nSPS) is 9.77. The van der Waals surface area contributed by atoms with Crippen LogP contribution in [0.1, 0.15) is 31.5 Å². The molecule has 3 rings (SSSR count). The van der Waals surface area contributed by atoms with E-state index < -0.39 is 41.4 Å². The molecule has 0 aromatic heterocycles. The smallest absolute Gasteiger partial charge is 0.416 e. The summed E-state index contributed by atoms with van der Waals surface area (Å²) in [5.41, 5.74) is 5.97. The third-order valence-electron chi connectivity index (χ3n) is 4.02. The van der Waals surface area contributed by atoms with Crippen LogP contribution in [0.4, 0.5) is 65.8 Å². The third kappa shape index (κ3) is 21.0. The van der Waals surface area contributed by atoms with Crippen molar-refractivity contribution < 1.29 is 79.2 Å². The second-order valence-corrected chi connectivity index (χ2v) is 6.95. The summed E-state index contributed by atoms with van der Waals surface area (Å²) in [7, 11) is 0. The zero-order chi connectivity index (χ0) is 30.4. The molecule has 0 saturated carbocycles. The number of nitrogens with one attached hydrogen (secondary N) is 1. The first kappa shape index (κ1) is 48.3. The Morgan fingerprint density at radius 2 is 0.767 bits per heavy atom. The van der Waals surface area contributed by atoms with Crippen LogP contribution in [0.2, 0.25) is 0 Å². The van der Waals surface area contributed by atoms with Gasteiger partial charge in [-0.1, -0.05) is 14.9 Å². The van der Waals surface area contributed by atoms with E-state index in [0.717, 1.165) is 48.5 Å². The zero-order valence-electron chi connectivity index (χ0n) is 20.1. The van der Waals surface area contributed by atoms with Gasteiger partial charge in [-0.05, 0) is 72.8 Å². The molecular formula is C25H27F12N3O3. The molecule has 43 heavy (non-hydrogen) atoms. The van der Waals surface area contributed by atoms with Crippen LogP contribution >= 0.6 is 0 Å². The number of rotatable bonds is 1. The molecule has 0 atom stereocenters. The lowest BCUT2D eigenvalue weighted by molar-refractivity contribution is -0.255. The van der Waals surface area contributed by atoms with Gasteiger partial charge in [-0.2, -0.15) is 49.1 Å². The maximum absolute atomic E-state index is 12.0. The van der Waals surface area contributed by atoms with Crippen molar-refractivity contribution in [2.45, 2.75) is 33.4 Å². The van der Waals surface area contributed by atoms with Crippen LogP contribution in [0.25, 0.3) is 0 Å². The molecule has 0 fully saturated rings. The molecule has 0 saturated heterocycles. The number of hydrogen-bond acceptors (Lipinski definition) is 3. The first-order valence-electron chi connectivity index (χ1n) is 9.92. The van der Waals surface area contributed by atoms with Crippen molar-refractivity contribution in [1.82, 2.24) is 0 Å². The highest BCUT2D eigenvalue weighted by molar-refractivity contribution is 5.83. The van der Waals surface area contributed by atoms with Gasteiger partial charge in [-0.3, -0.25) is 5.32 Å². The van der Waals surface area contributed by atoms with Gasteiger partial charge in [-0.15, -0.1) is 4.39 Å². The Bertz CT molecular complexity index is 1130. The SMILES string of the molecule is C.C.O=C(F)Nc1ccc(C(F)(F)F)cc1.O=C=O.[F-].[F-].[NH3+]c1ccc(C(F)(F)F)cc1.[NH3+]c1ccc(C(F)(F)F)cc1. The number of quaternary nitrogens is 2. The molecule has 7 N–H and O–H groups in total. The van der Waals surface area contributed by atoms with Crippen LogP contribution in [-0.2, 0) is 28.1 Å². The van der Waals surface area contributed by atoms with E-state index in [9.17, 15) is 48.7 Å². The predicted molar refractivity (Wildman–Crippen MR) is 128 cm³/mol. The van der Waals surface area contributed by atoms with Crippen LogP contribution in [0.3, 0.4) is 0 Å². The first-order valence-corrected chi connectivity index (χ1v) is 9.92. The van der Waals surface area contributed by atoms with Crippen molar-refractivity contribution >= 4 is 29.4 Å². The van der Waals surface area contributed by atoms with E-state index in [4.69, 9.17) is 9.59 Å². The fraction of sp³-hybridized carbons (Fsp3) is 0.200. The summed E-state index contributed by atoms with van der Waals surface area (Å²) in [6.45, 7) is 0. The van der Waals surface area contributed by atoms with Crippen molar-refractivity contribution in [2.75, 3.05) is 5.32 Å². The van der Waals surface area contributed by atoms with Crippen LogP contribution in [0, 0.1) is 0 Å². The van der Waals surface area contributed by atoms with Gasteiger partial charge in [0, 0.05) is 5.69 Å².